The summed E-state index contributed by atoms with van der Waals surface area (Å²) < 4.78 is 26.8. The van der Waals surface area contributed by atoms with Gasteiger partial charge in [0.1, 0.15) is 6.54 Å². The normalized spacial score (nSPS) is 11.2. The van der Waals surface area contributed by atoms with Crippen LogP contribution in [0.2, 0.25) is 0 Å². The summed E-state index contributed by atoms with van der Waals surface area (Å²) in [5, 5.41) is 20.3. The highest BCUT2D eigenvalue weighted by Crippen LogP contribution is 2.30. The standard InChI is InChI=1S/C17H18N2O6S/c1-11-4-7-15(13(3)8-11)18(10-17(20)21)26(24,25)14-6-5-12(2)16(9-14)19(22)23/h4-9H,10H2,1-3H3,(H,20,21). The van der Waals surface area contributed by atoms with Gasteiger partial charge in [0.05, 0.1) is 15.5 Å². The first-order chi connectivity index (χ1) is 12.0. The molecule has 0 aromatic heterocycles. The highest BCUT2D eigenvalue weighted by Gasteiger charge is 2.30. The van der Waals surface area contributed by atoms with Crippen molar-refractivity contribution in [1.29, 1.82) is 0 Å². The van der Waals surface area contributed by atoms with Crippen LogP contribution in [0.15, 0.2) is 41.3 Å². The van der Waals surface area contributed by atoms with E-state index < -0.39 is 27.5 Å². The van der Waals surface area contributed by atoms with Crippen LogP contribution >= 0.6 is 0 Å². The van der Waals surface area contributed by atoms with Gasteiger partial charge in [-0.2, -0.15) is 0 Å². The predicted octanol–water partition coefficient (Wildman–Crippen LogP) is 2.80. The van der Waals surface area contributed by atoms with Gasteiger partial charge in [-0.1, -0.05) is 23.8 Å². The minimum Gasteiger partial charge on any atom is -0.480 e. The molecule has 9 heteroatoms. The monoisotopic (exact) mass is 378 g/mol. The summed E-state index contributed by atoms with van der Waals surface area (Å²) in [7, 11) is -4.31. The van der Waals surface area contributed by atoms with Gasteiger partial charge in [0, 0.05) is 11.6 Å². The molecule has 0 radical (unpaired) electrons. The van der Waals surface area contributed by atoms with Gasteiger partial charge in [-0.3, -0.25) is 19.2 Å². The number of benzene rings is 2. The number of aryl methyl sites for hydroxylation is 3. The Balaban J connectivity index is 2.65. The lowest BCUT2D eigenvalue weighted by molar-refractivity contribution is -0.385. The molecule has 26 heavy (non-hydrogen) atoms. The van der Waals surface area contributed by atoms with Crippen LogP contribution in [0.1, 0.15) is 16.7 Å². The van der Waals surface area contributed by atoms with Crippen LogP contribution in [0.5, 0.6) is 0 Å². The van der Waals surface area contributed by atoms with Gasteiger partial charge in [0.2, 0.25) is 0 Å². The van der Waals surface area contributed by atoms with Crippen molar-refractivity contribution in [2.24, 2.45) is 0 Å². The fourth-order valence-corrected chi connectivity index (χ4v) is 4.08. The second kappa shape index (κ2) is 7.12. The Morgan fingerprint density at radius 2 is 1.77 bits per heavy atom. The van der Waals surface area contributed by atoms with E-state index in [1.807, 2.05) is 6.92 Å². The summed E-state index contributed by atoms with van der Waals surface area (Å²) >= 11 is 0. The molecule has 0 aliphatic heterocycles. The van der Waals surface area contributed by atoms with Crippen molar-refractivity contribution in [3.63, 3.8) is 0 Å². The Morgan fingerprint density at radius 3 is 2.31 bits per heavy atom. The number of nitro groups is 1. The number of rotatable bonds is 6. The SMILES string of the molecule is Cc1ccc(N(CC(=O)O)S(=O)(=O)c2ccc(C)c([N+](=O)[O-])c2)c(C)c1. The highest BCUT2D eigenvalue weighted by molar-refractivity contribution is 7.92. The molecule has 0 unspecified atom stereocenters. The maximum Gasteiger partial charge on any atom is 0.324 e. The van der Waals surface area contributed by atoms with Crippen LogP contribution in [0.25, 0.3) is 0 Å². The number of sulfonamides is 1. The smallest absolute Gasteiger partial charge is 0.324 e. The molecule has 0 fully saturated rings. The lowest BCUT2D eigenvalue weighted by atomic mass is 10.1. The van der Waals surface area contributed by atoms with Crippen molar-refractivity contribution in [3.05, 3.63) is 63.2 Å². The van der Waals surface area contributed by atoms with Gasteiger partial charge in [0.15, 0.2) is 0 Å². The van der Waals surface area contributed by atoms with Crippen molar-refractivity contribution in [3.8, 4) is 0 Å². The maximum atomic E-state index is 13.0. The number of aliphatic carboxylic acids is 1. The van der Waals surface area contributed by atoms with Crippen molar-refractivity contribution in [2.45, 2.75) is 25.7 Å². The summed E-state index contributed by atoms with van der Waals surface area (Å²) in [5.41, 5.74) is 1.65. The Bertz CT molecular complexity index is 985. The Morgan fingerprint density at radius 1 is 1.12 bits per heavy atom. The van der Waals surface area contributed by atoms with Crippen LogP contribution in [0.4, 0.5) is 11.4 Å². The van der Waals surface area contributed by atoms with Crippen LogP contribution in [-0.4, -0.2) is 31.0 Å². The average molecular weight is 378 g/mol. The summed E-state index contributed by atoms with van der Waals surface area (Å²) in [6.45, 7) is 4.20. The minimum atomic E-state index is -4.31. The molecular weight excluding hydrogens is 360 g/mol. The van der Waals surface area contributed by atoms with Gasteiger partial charge in [-0.25, -0.2) is 8.42 Å². The van der Waals surface area contributed by atoms with Gasteiger partial charge < -0.3 is 5.11 Å². The zero-order valence-electron chi connectivity index (χ0n) is 14.5. The third-order valence-corrected chi connectivity index (χ3v) is 5.62. The third kappa shape index (κ3) is 3.83. The fraction of sp³-hybridized carbons (Fsp3) is 0.235. The van der Waals surface area contributed by atoms with E-state index in [0.717, 1.165) is 15.9 Å². The topological polar surface area (TPSA) is 118 Å². The lowest BCUT2D eigenvalue weighted by Gasteiger charge is -2.24. The fourth-order valence-electron chi connectivity index (χ4n) is 2.58. The summed E-state index contributed by atoms with van der Waals surface area (Å²) in [6, 6.07) is 8.43. The van der Waals surface area contributed by atoms with E-state index in [0.29, 0.717) is 11.1 Å². The van der Waals surface area contributed by atoms with Crippen LogP contribution in [0.3, 0.4) is 0 Å². The van der Waals surface area contributed by atoms with Crippen molar-refractivity contribution >= 4 is 27.4 Å². The number of carboxylic acids is 1. The molecule has 0 amide bonds. The summed E-state index contributed by atoms with van der Waals surface area (Å²) in [4.78, 5) is 21.4. The molecule has 1 N–H and O–H groups in total. The van der Waals surface area contributed by atoms with Gasteiger partial charge >= 0.3 is 5.97 Å². The molecule has 2 rings (SSSR count). The number of hydrogen-bond donors (Lipinski definition) is 1. The molecule has 0 bridgehead atoms. The van der Waals surface area contributed by atoms with Crippen LogP contribution in [-0.2, 0) is 14.8 Å². The first-order valence-corrected chi connectivity index (χ1v) is 9.05. The van der Waals surface area contributed by atoms with Gasteiger partial charge in [0.25, 0.3) is 15.7 Å². The lowest BCUT2D eigenvalue weighted by Crippen LogP contribution is -2.36. The zero-order valence-corrected chi connectivity index (χ0v) is 15.3. The second-order valence-corrected chi connectivity index (χ2v) is 7.76. The van der Waals surface area contributed by atoms with E-state index in [1.54, 1.807) is 19.1 Å². The van der Waals surface area contributed by atoms with E-state index >= 15 is 0 Å². The number of carboxylic acid groups (broad SMARTS) is 1. The molecule has 0 heterocycles. The Hall–Kier alpha value is -2.94. The number of nitro benzene ring substituents is 1. The van der Waals surface area contributed by atoms with E-state index in [-0.39, 0.29) is 16.3 Å². The molecule has 0 saturated carbocycles. The van der Waals surface area contributed by atoms with Crippen molar-refractivity contribution < 1.29 is 23.2 Å². The zero-order chi connectivity index (χ0) is 19.6. The van der Waals surface area contributed by atoms with Crippen LogP contribution in [0, 0.1) is 30.9 Å². The van der Waals surface area contributed by atoms with E-state index in [1.165, 1.54) is 25.1 Å². The van der Waals surface area contributed by atoms with E-state index in [4.69, 9.17) is 0 Å². The molecule has 0 aliphatic carbocycles. The Labute approximate surface area is 150 Å². The van der Waals surface area contributed by atoms with E-state index in [9.17, 15) is 28.4 Å². The van der Waals surface area contributed by atoms with Crippen molar-refractivity contribution in [2.75, 3.05) is 10.8 Å². The molecular formula is C17H18N2O6S. The third-order valence-electron chi connectivity index (χ3n) is 3.87. The van der Waals surface area contributed by atoms with E-state index in [2.05, 4.69) is 0 Å². The van der Waals surface area contributed by atoms with Crippen LogP contribution < -0.4 is 4.31 Å². The molecule has 0 atom stereocenters. The molecule has 8 nitrogen and oxygen atoms in total. The highest BCUT2D eigenvalue weighted by atomic mass is 32.2. The Kier molecular flexibility index (Phi) is 5.31. The molecule has 138 valence electrons. The number of hydrogen-bond acceptors (Lipinski definition) is 5. The average Bonchev–Trinajstić information content (AvgIpc) is 2.52. The molecule has 2 aromatic rings. The van der Waals surface area contributed by atoms with Gasteiger partial charge in [-0.15, -0.1) is 0 Å². The number of carbonyl (C=O) groups is 1. The molecule has 0 aliphatic rings. The molecule has 2 aromatic carbocycles. The first kappa shape index (κ1) is 19.4. The maximum absolute atomic E-state index is 13.0. The second-order valence-electron chi connectivity index (χ2n) is 5.90. The first-order valence-electron chi connectivity index (χ1n) is 7.61. The molecule has 0 spiro atoms. The van der Waals surface area contributed by atoms with Gasteiger partial charge in [-0.05, 0) is 38.5 Å². The van der Waals surface area contributed by atoms with Crippen molar-refractivity contribution in [1.82, 2.24) is 0 Å². The molecule has 0 saturated heterocycles. The summed E-state index contributed by atoms with van der Waals surface area (Å²) in [6.07, 6.45) is 0. The largest absolute Gasteiger partial charge is 0.480 e. The predicted molar refractivity (Wildman–Crippen MR) is 95.9 cm³/mol. The summed E-state index contributed by atoms with van der Waals surface area (Å²) in [5.74, 6) is -1.34. The minimum absolute atomic E-state index is 0.209. The number of anilines is 1. The number of nitrogens with zero attached hydrogens (tertiary/aromatic N) is 2. The quantitative estimate of drug-likeness (QED) is 0.610.